The first kappa shape index (κ1) is 20.2. The summed E-state index contributed by atoms with van der Waals surface area (Å²) in [6, 6.07) is 27.3. The number of imidazole rings is 1. The maximum atomic E-state index is 5.97. The highest BCUT2D eigenvalue weighted by Gasteiger charge is 2.13. The minimum atomic E-state index is 0.169. The molecule has 0 saturated heterocycles. The van der Waals surface area contributed by atoms with Crippen molar-refractivity contribution >= 4 is 11.0 Å². The van der Waals surface area contributed by atoms with Crippen LogP contribution in [-0.2, 0) is 12.0 Å². The minimum absolute atomic E-state index is 0.169. The van der Waals surface area contributed by atoms with Crippen molar-refractivity contribution < 1.29 is 4.74 Å². The van der Waals surface area contributed by atoms with E-state index < -0.39 is 0 Å². The Morgan fingerprint density at radius 1 is 0.800 bits per heavy atom. The Labute approximate surface area is 179 Å². The molecule has 4 aromatic rings. The van der Waals surface area contributed by atoms with E-state index in [1.165, 1.54) is 11.1 Å². The van der Waals surface area contributed by atoms with Crippen LogP contribution in [0.5, 0.6) is 5.75 Å². The number of nitrogens with zero attached hydrogens (tertiary/aromatic N) is 2. The maximum absolute atomic E-state index is 5.97. The van der Waals surface area contributed by atoms with Crippen molar-refractivity contribution in [2.24, 2.45) is 0 Å². The van der Waals surface area contributed by atoms with Crippen LogP contribution in [0.2, 0.25) is 0 Å². The van der Waals surface area contributed by atoms with Crippen LogP contribution >= 0.6 is 0 Å². The Bertz CT molecular complexity index is 1090. The largest absolute Gasteiger partial charge is 0.494 e. The zero-order valence-corrected chi connectivity index (χ0v) is 18.1. The number of hydrogen-bond acceptors (Lipinski definition) is 2. The van der Waals surface area contributed by atoms with Gasteiger partial charge in [0.2, 0.25) is 0 Å². The van der Waals surface area contributed by atoms with Crippen LogP contribution in [0.4, 0.5) is 0 Å². The fourth-order valence-corrected chi connectivity index (χ4v) is 3.72. The summed E-state index contributed by atoms with van der Waals surface area (Å²) in [6.07, 6.45) is 2.04. The molecular weight excluding hydrogens is 368 g/mol. The van der Waals surface area contributed by atoms with Crippen LogP contribution in [0.1, 0.15) is 39.2 Å². The van der Waals surface area contributed by atoms with Crippen LogP contribution in [0.15, 0.2) is 78.9 Å². The average molecular weight is 399 g/mol. The minimum Gasteiger partial charge on any atom is -0.494 e. The number of aryl methyl sites for hydroxylation is 1. The van der Waals surface area contributed by atoms with Gasteiger partial charge in [0.25, 0.3) is 0 Å². The maximum Gasteiger partial charge on any atom is 0.141 e. The number of fused-ring (bicyclic) bond motifs is 1. The van der Waals surface area contributed by atoms with E-state index in [4.69, 9.17) is 9.72 Å². The van der Waals surface area contributed by atoms with Crippen molar-refractivity contribution in [3.05, 3.63) is 84.4 Å². The molecule has 0 aliphatic carbocycles. The topological polar surface area (TPSA) is 27.1 Å². The molecule has 3 heteroatoms. The van der Waals surface area contributed by atoms with Gasteiger partial charge in [0.1, 0.15) is 11.6 Å². The van der Waals surface area contributed by atoms with Crippen LogP contribution in [0.3, 0.4) is 0 Å². The number of hydrogen-bond donors (Lipinski definition) is 0. The van der Waals surface area contributed by atoms with Gasteiger partial charge in [0.05, 0.1) is 17.6 Å². The quantitative estimate of drug-likeness (QED) is 0.318. The van der Waals surface area contributed by atoms with E-state index in [-0.39, 0.29) is 5.41 Å². The molecule has 0 fully saturated rings. The molecule has 0 atom stereocenters. The molecule has 3 aromatic carbocycles. The second-order valence-corrected chi connectivity index (χ2v) is 8.77. The smallest absolute Gasteiger partial charge is 0.141 e. The molecule has 4 rings (SSSR count). The van der Waals surface area contributed by atoms with Gasteiger partial charge in [-0.05, 0) is 48.1 Å². The lowest BCUT2D eigenvalue weighted by atomic mass is 9.87. The Hall–Kier alpha value is -3.07. The zero-order chi connectivity index (χ0) is 21.0. The van der Waals surface area contributed by atoms with E-state index in [0.29, 0.717) is 0 Å². The summed E-state index contributed by atoms with van der Waals surface area (Å²) >= 11 is 0. The van der Waals surface area contributed by atoms with E-state index in [1.807, 2.05) is 12.1 Å². The van der Waals surface area contributed by atoms with E-state index in [1.54, 1.807) is 0 Å². The summed E-state index contributed by atoms with van der Waals surface area (Å²) in [4.78, 5) is 4.89. The number of rotatable bonds is 7. The molecule has 0 amide bonds. The molecule has 0 spiro atoms. The van der Waals surface area contributed by atoms with Crippen molar-refractivity contribution in [1.82, 2.24) is 9.55 Å². The van der Waals surface area contributed by atoms with Crippen molar-refractivity contribution in [2.45, 2.75) is 45.6 Å². The number of ether oxygens (including phenoxy) is 1. The Morgan fingerprint density at radius 2 is 1.50 bits per heavy atom. The highest BCUT2D eigenvalue weighted by Crippen LogP contribution is 2.26. The summed E-state index contributed by atoms with van der Waals surface area (Å²) in [6.45, 7) is 8.34. The molecule has 0 saturated carbocycles. The van der Waals surface area contributed by atoms with E-state index in [0.717, 1.165) is 48.6 Å². The summed E-state index contributed by atoms with van der Waals surface area (Å²) < 4.78 is 8.31. The average Bonchev–Trinajstić information content (AvgIpc) is 3.12. The fourth-order valence-electron chi connectivity index (χ4n) is 3.72. The Morgan fingerprint density at radius 3 is 2.23 bits per heavy atom. The predicted octanol–water partition coefficient (Wildman–Crippen LogP) is 6.86. The molecule has 1 heterocycles. The number of benzene rings is 3. The second-order valence-electron chi connectivity index (χ2n) is 8.77. The third-order valence-corrected chi connectivity index (χ3v) is 5.45. The van der Waals surface area contributed by atoms with Gasteiger partial charge in [-0.1, -0.05) is 75.4 Å². The van der Waals surface area contributed by atoms with E-state index >= 15 is 0 Å². The fraction of sp³-hybridized carbons (Fsp3) is 0.296. The van der Waals surface area contributed by atoms with Crippen molar-refractivity contribution in [1.29, 1.82) is 0 Å². The van der Waals surface area contributed by atoms with Gasteiger partial charge in [-0.2, -0.15) is 0 Å². The van der Waals surface area contributed by atoms with Gasteiger partial charge in [-0.15, -0.1) is 0 Å². The van der Waals surface area contributed by atoms with Crippen LogP contribution in [-0.4, -0.2) is 16.2 Å². The first-order valence-corrected chi connectivity index (χ1v) is 10.8. The highest BCUT2D eigenvalue weighted by atomic mass is 16.5. The molecule has 0 aliphatic rings. The molecule has 154 valence electrons. The van der Waals surface area contributed by atoms with Crippen LogP contribution in [0.25, 0.3) is 22.4 Å². The molecule has 0 unspecified atom stereocenters. The lowest BCUT2D eigenvalue weighted by molar-refractivity contribution is 0.303. The molecule has 3 nitrogen and oxygen atoms in total. The van der Waals surface area contributed by atoms with Crippen molar-refractivity contribution in [3.63, 3.8) is 0 Å². The first-order chi connectivity index (χ1) is 14.5. The molecule has 0 bridgehead atoms. The highest BCUT2D eigenvalue weighted by molar-refractivity contribution is 5.80. The van der Waals surface area contributed by atoms with E-state index in [9.17, 15) is 0 Å². The van der Waals surface area contributed by atoms with Gasteiger partial charge in [-0.3, -0.25) is 0 Å². The summed E-state index contributed by atoms with van der Waals surface area (Å²) in [5, 5.41) is 0. The van der Waals surface area contributed by atoms with Crippen LogP contribution in [0, 0.1) is 0 Å². The molecule has 0 radical (unpaired) electrons. The van der Waals surface area contributed by atoms with Gasteiger partial charge in [0.15, 0.2) is 0 Å². The molecule has 30 heavy (non-hydrogen) atoms. The lowest BCUT2D eigenvalue weighted by Gasteiger charge is -2.19. The number of unbranched alkanes of at least 4 members (excludes halogenated alkanes) is 1. The van der Waals surface area contributed by atoms with Gasteiger partial charge in [-0.25, -0.2) is 4.98 Å². The van der Waals surface area contributed by atoms with Crippen LogP contribution < -0.4 is 4.74 Å². The Kier molecular flexibility index (Phi) is 5.89. The van der Waals surface area contributed by atoms with Gasteiger partial charge < -0.3 is 9.30 Å². The first-order valence-electron chi connectivity index (χ1n) is 10.8. The third-order valence-electron chi connectivity index (χ3n) is 5.45. The normalized spacial score (nSPS) is 11.7. The summed E-state index contributed by atoms with van der Waals surface area (Å²) in [5.41, 5.74) is 4.89. The van der Waals surface area contributed by atoms with Gasteiger partial charge >= 0.3 is 0 Å². The molecule has 0 N–H and O–H groups in total. The predicted molar refractivity (Wildman–Crippen MR) is 125 cm³/mol. The molecular formula is C27H30N2O. The second kappa shape index (κ2) is 8.74. The number of para-hydroxylation sites is 2. The summed E-state index contributed by atoms with van der Waals surface area (Å²) in [5.74, 6) is 1.98. The monoisotopic (exact) mass is 398 g/mol. The zero-order valence-electron chi connectivity index (χ0n) is 18.1. The van der Waals surface area contributed by atoms with Crippen molar-refractivity contribution in [3.8, 4) is 17.1 Å². The SMILES string of the molecule is CC(C)(C)c1ccc(OCCCCn2c(-c3ccccc3)nc3ccccc32)cc1. The van der Waals surface area contributed by atoms with E-state index in [2.05, 4.69) is 92.1 Å². The number of aromatic nitrogens is 2. The molecule has 0 aliphatic heterocycles. The Balaban J connectivity index is 1.38. The lowest BCUT2D eigenvalue weighted by Crippen LogP contribution is -2.10. The summed E-state index contributed by atoms with van der Waals surface area (Å²) in [7, 11) is 0. The molecule has 1 aromatic heterocycles. The third kappa shape index (κ3) is 4.56. The van der Waals surface area contributed by atoms with Crippen molar-refractivity contribution in [2.75, 3.05) is 6.61 Å². The van der Waals surface area contributed by atoms with Gasteiger partial charge in [0, 0.05) is 12.1 Å². The standard InChI is InChI=1S/C27H30N2O/c1-27(2,3)22-15-17-23(18-16-22)30-20-10-9-19-29-25-14-8-7-13-24(25)28-26(29)21-11-5-4-6-12-21/h4-8,11-18H,9-10,19-20H2,1-3H3.